The lowest BCUT2D eigenvalue weighted by Gasteiger charge is -2.24. The lowest BCUT2D eigenvalue weighted by molar-refractivity contribution is 0.461. The van der Waals surface area contributed by atoms with Gasteiger partial charge in [0, 0.05) is 18.0 Å². The number of anilines is 1. The second kappa shape index (κ2) is 5.67. The zero-order valence-electron chi connectivity index (χ0n) is 11.6. The maximum Gasteiger partial charge on any atom is 0.257 e. The average Bonchev–Trinajstić information content (AvgIpc) is 2.99. The lowest BCUT2D eigenvalue weighted by atomic mass is 9.98. The molecule has 0 amide bonds. The Labute approximate surface area is 118 Å². The maximum atomic E-state index is 12.1. The molecule has 0 radical (unpaired) electrons. The monoisotopic (exact) mass is 271 g/mol. The van der Waals surface area contributed by atoms with E-state index in [2.05, 4.69) is 10.3 Å². The van der Waals surface area contributed by atoms with E-state index >= 15 is 0 Å². The quantitative estimate of drug-likeness (QED) is 0.800. The van der Waals surface area contributed by atoms with Gasteiger partial charge in [-0.15, -0.1) is 0 Å². The first-order valence-corrected chi connectivity index (χ1v) is 7.36. The van der Waals surface area contributed by atoms with Crippen LogP contribution < -0.4 is 16.6 Å². The molecule has 1 fully saturated rings. The molecule has 0 aliphatic heterocycles. The molecule has 4 nitrogen and oxygen atoms in total. The Morgan fingerprint density at radius 2 is 2.05 bits per heavy atom. The summed E-state index contributed by atoms with van der Waals surface area (Å²) in [5.41, 5.74) is 5.85. The molecule has 1 atom stereocenters. The number of nitrogens with two attached hydrogens (primary N) is 1. The van der Waals surface area contributed by atoms with Gasteiger partial charge in [0.15, 0.2) is 0 Å². The van der Waals surface area contributed by atoms with E-state index in [4.69, 9.17) is 5.73 Å². The smallest absolute Gasteiger partial charge is 0.257 e. The summed E-state index contributed by atoms with van der Waals surface area (Å²) in [5, 5.41) is 5.11. The summed E-state index contributed by atoms with van der Waals surface area (Å²) in [5.74, 6) is 1.39. The van der Waals surface area contributed by atoms with E-state index in [0.717, 1.165) is 16.6 Å². The van der Waals surface area contributed by atoms with Gasteiger partial charge in [-0.2, -0.15) is 0 Å². The van der Waals surface area contributed by atoms with Crippen LogP contribution in [0.2, 0.25) is 0 Å². The van der Waals surface area contributed by atoms with E-state index in [9.17, 15) is 4.79 Å². The standard InChI is InChI=1S/C16H21N3O/c17-10-14(11-5-1-2-6-11)18-15-9-12-7-3-4-8-13(12)16(20)19-15/h3-4,7-9,11,14H,1-2,5-6,10,17H2,(H2,18,19,20). The van der Waals surface area contributed by atoms with Crippen molar-refractivity contribution in [1.29, 1.82) is 0 Å². The minimum absolute atomic E-state index is 0.0483. The van der Waals surface area contributed by atoms with Crippen molar-refractivity contribution in [2.75, 3.05) is 11.9 Å². The van der Waals surface area contributed by atoms with Gasteiger partial charge in [0.25, 0.3) is 5.56 Å². The summed E-state index contributed by atoms with van der Waals surface area (Å²) in [7, 11) is 0. The normalized spacial score (nSPS) is 17.4. The highest BCUT2D eigenvalue weighted by atomic mass is 16.1. The first-order valence-electron chi connectivity index (χ1n) is 7.36. The van der Waals surface area contributed by atoms with E-state index in [0.29, 0.717) is 12.5 Å². The first-order chi connectivity index (χ1) is 9.78. The molecule has 0 saturated heterocycles. The molecule has 1 aromatic heterocycles. The Bertz CT molecular complexity index is 643. The number of rotatable bonds is 4. The zero-order chi connectivity index (χ0) is 13.9. The Balaban J connectivity index is 1.88. The van der Waals surface area contributed by atoms with Gasteiger partial charge in [-0.25, -0.2) is 0 Å². The van der Waals surface area contributed by atoms with Gasteiger partial charge in [-0.1, -0.05) is 31.0 Å². The number of fused-ring (bicyclic) bond motifs is 1. The zero-order valence-corrected chi connectivity index (χ0v) is 11.6. The molecular weight excluding hydrogens is 250 g/mol. The van der Waals surface area contributed by atoms with E-state index in [1.54, 1.807) is 0 Å². The molecule has 4 N–H and O–H groups in total. The van der Waals surface area contributed by atoms with Crippen LogP contribution in [0.15, 0.2) is 35.1 Å². The minimum Gasteiger partial charge on any atom is -0.367 e. The van der Waals surface area contributed by atoms with E-state index < -0.39 is 0 Å². The molecule has 1 unspecified atom stereocenters. The summed E-state index contributed by atoms with van der Waals surface area (Å²) in [6.45, 7) is 0.597. The molecule has 20 heavy (non-hydrogen) atoms. The highest BCUT2D eigenvalue weighted by Gasteiger charge is 2.24. The molecule has 106 valence electrons. The molecule has 1 aliphatic carbocycles. The summed E-state index contributed by atoms with van der Waals surface area (Å²) in [6.07, 6.45) is 5.04. The number of pyridine rings is 1. The SMILES string of the molecule is NCC(Nc1cc2ccccc2c(=O)[nH]1)C1CCCC1. The van der Waals surface area contributed by atoms with Crippen molar-refractivity contribution in [3.8, 4) is 0 Å². The molecule has 1 heterocycles. The van der Waals surface area contributed by atoms with Gasteiger partial charge in [0.05, 0.1) is 0 Å². The maximum absolute atomic E-state index is 12.1. The van der Waals surface area contributed by atoms with Crippen molar-refractivity contribution in [1.82, 2.24) is 4.98 Å². The van der Waals surface area contributed by atoms with E-state index in [-0.39, 0.29) is 11.6 Å². The summed E-state index contributed by atoms with van der Waals surface area (Å²) in [6, 6.07) is 9.87. The number of hydrogen-bond acceptors (Lipinski definition) is 3. The van der Waals surface area contributed by atoms with Gasteiger partial charge >= 0.3 is 0 Å². The molecule has 0 bridgehead atoms. The Hall–Kier alpha value is -1.81. The van der Waals surface area contributed by atoms with Crippen LogP contribution >= 0.6 is 0 Å². The van der Waals surface area contributed by atoms with Gasteiger partial charge in [-0.05, 0) is 36.3 Å². The van der Waals surface area contributed by atoms with Crippen LogP contribution in [0, 0.1) is 5.92 Å². The highest BCUT2D eigenvalue weighted by Crippen LogP contribution is 2.29. The van der Waals surface area contributed by atoms with Crippen LogP contribution in [0.1, 0.15) is 25.7 Å². The highest BCUT2D eigenvalue weighted by molar-refractivity contribution is 5.83. The largest absolute Gasteiger partial charge is 0.367 e. The fourth-order valence-electron chi connectivity index (χ4n) is 3.22. The van der Waals surface area contributed by atoms with Crippen LogP contribution in [0.25, 0.3) is 10.8 Å². The van der Waals surface area contributed by atoms with Crippen molar-refractivity contribution in [2.45, 2.75) is 31.7 Å². The van der Waals surface area contributed by atoms with Crippen molar-refractivity contribution >= 4 is 16.6 Å². The molecule has 2 aromatic rings. The summed E-state index contributed by atoms with van der Waals surface area (Å²) >= 11 is 0. The van der Waals surface area contributed by atoms with Gasteiger partial charge in [0.2, 0.25) is 0 Å². The summed E-state index contributed by atoms with van der Waals surface area (Å²) < 4.78 is 0. The molecule has 1 saturated carbocycles. The third-order valence-corrected chi connectivity index (χ3v) is 4.32. The average molecular weight is 271 g/mol. The molecule has 0 spiro atoms. The van der Waals surface area contributed by atoms with Crippen molar-refractivity contribution in [3.05, 3.63) is 40.7 Å². The molecule has 4 heteroatoms. The van der Waals surface area contributed by atoms with Crippen LogP contribution in [-0.2, 0) is 0 Å². The predicted octanol–water partition coefficient (Wildman–Crippen LogP) is 2.46. The Morgan fingerprint density at radius 1 is 1.30 bits per heavy atom. The molecule has 1 aromatic carbocycles. The van der Waals surface area contributed by atoms with E-state index in [1.807, 2.05) is 30.3 Å². The number of hydrogen-bond donors (Lipinski definition) is 3. The fraction of sp³-hybridized carbons (Fsp3) is 0.438. The van der Waals surface area contributed by atoms with Gasteiger partial charge in [-0.3, -0.25) is 4.79 Å². The van der Waals surface area contributed by atoms with Crippen LogP contribution in [-0.4, -0.2) is 17.6 Å². The Kier molecular flexibility index (Phi) is 3.74. The number of benzene rings is 1. The second-order valence-electron chi connectivity index (χ2n) is 5.63. The molecular formula is C16H21N3O. The molecule has 1 aliphatic rings. The summed E-state index contributed by atoms with van der Waals surface area (Å²) in [4.78, 5) is 15.0. The number of nitrogens with one attached hydrogen (secondary N) is 2. The van der Waals surface area contributed by atoms with Crippen molar-refractivity contribution < 1.29 is 0 Å². The fourth-order valence-corrected chi connectivity index (χ4v) is 3.22. The predicted molar refractivity (Wildman–Crippen MR) is 83.0 cm³/mol. The number of aromatic nitrogens is 1. The second-order valence-corrected chi connectivity index (χ2v) is 5.63. The lowest BCUT2D eigenvalue weighted by Crippen LogP contribution is -2.35. The van der Waals surface area contributed by atoms with E-state index in [1.165, 1.54) is 25.7 Å². The minimum atomic E-state index is -0.0483. The molecule has 3 rings (SSSR count). The third kappa shape index (κ3) is 2.56. The van der Waals surface area contributed by atoms with Crippen molar-refractivity contribution in [2.24, 2.45) is 11.7 Å². The van der Waals surface area contributed by atoms with Crippen LogP contribution in [0.3, 0.4) is 0 Å². The van der Waals surface area contributed by atoms with Crippen molar-refractivity contribution in [3.63, 3.8) is 0 Å². The Morgan fingerprint density at radius 3 is 2.80 bits per heavy atom. The van der Waals surface area contributed by atoms with Crippen LogP contribution in [0.4, 0.5) is 5.82 Å². The van der Waals surface area contributed by atoms with Gasteiger partial charge < -0.3 is 16.0 Å². The first kappa shape index (κ1) is 13.2. The number of H-pyrrole nitrogens is 1. The van der Waals surface area contributed by atoms with Gasteiger partial charge in [0.1, 0.15) is 5.82 Å². The van der Waals surface area contributed by atoms with Crippen LogP contribution in [0.5, 0.6) is 0 Å². The topological polar surface area (TPSA) is 70.9 Å². The third-order valence-electron chi connectivity index (χ3n) is 4.32. The number of aromatic amines is 1.